The zero-order valence-electron chi connectivity index (χ0n) is 16.3. The molecular formula is C20H31NO3Si. The molecule has 5 heteroatoms. The van der Waals surface area contributed by atoms with E-state index in [9.17, 15) is 4.79 Å². The van der Waals surface area contributed by atoms with Gasteiger partial charge in [-0.1, -0.05) is 63.3 Å². The van der Waals surface area contributed by atoms with Crippen LogP contribution in [0.3, 0.4) is 0 Å². The van der Waals surface area contributed by atoms with Crippen molar-refractivity contribution in [2.45, 2.75) is 58.0 Å². The standard InChI is InChI=1S/C20H31NO3Si/c1-7-23-19(22)21-15-11-14-17(24-25(5,6)20(2,3)4)18(21)16-12-9-8-10-13-16/h8-14,17-18H,7,15H2,1-6H3/t17-,18-/m1/s1. The van der Waals surface area contributed by atoms with Gasteiger partial charge in [0.1, 0.15) is 0 Å². The molecule has 1 aromatic carbocycles. The molecule has 0 N–H and O–H groups in total. The van der Waals surface area contributed by atoms with Crippen LogP contribution in [-0.4, -0.2) is 38.6 Å². The average molecular weight is 362 g/mol. The third-order valence-electron chi connectivity index (χ3n) is 5.16. The summed E-state index contributed by atoms with van der Waals surface area (Å²) in [6.07, 6.45) is 3.66. The minimum Gasteiger partial charge on any atom is -0.450 e. The first-order valence-electron chi connectivity index (χ1n) is 9.00. The number of rotatable bonds is 4. The normalized spacial score (nSPS) is 21.3. The molecule has 4 nitrogen and oxygen atoms in total. The summed E-state index contributed by atoms with van der Waals surface area (Å²) in [6.45, 7) is 13.9. The third-order valence-corrected chi connectivity index (χ3v) is 9.63. The van der Waals surface area contributed by atoms with E-state index in [2.05, 4.69) is 52.1 Å². The Hall–Kier alpha value is -1.59. The van der Waals surface area contributed by atoms with Crippen molar-refractivity contribution < 1.29 is 14.0 Å². The first-order chi connectivity index (χ1) is 11.7. The lowest BCUT2D eigenvalue weighted by atomic mass is 9.97. The van der Waals surface area contributed by atoms with E-state index in [-0.39, 0.29) is 23.3 Å². The number of amides is 1. The van der Waals surface area contributed by atoms with Crippen LogP contribution in [0, 0.1) is 0 Å². The van der Waals surface area contributed by atoms with Crippen molar-refractivity contribution in [1.29, 1.82) is 0 Å². The van der Waals surface area contributed by atoms with Crippen LogP contribution < -0.4 is 0 Å². The quantitative estimate of drug-likeness (QED) is 0.550. The molecule has 0 aromatic heterocycles. The van der Waals surface area contributed by atoms with E-state index >= 15 is 0 Å². The van der Waals surface area contributed by atoms with Gasteiger partial charge in [-0.2, -0.15) is 0 Å². The molecule has 1 aromatic rings. The third kappa shape index (κ3) is 4.53. The van der Waals surface area contributed by atoms with Crippen molar-refractivity contribution in [3.63, 3.8) is 0 Å². The fraction of sp³-hybridized carbons (Fsp3) is 0.550. The van der Waals surface area contributed by atoms with Crippen LogP contribution in [0.15, 0.2) is 42.5 Å². The maximum atomic E-state index is 12.5. The van der Waals surface area contributed by atoms with Crippen LogP contribution in [0.2, 0.25) is 18.1 Å². The number of benzene rings is 1. The minimum atomic E-state index is -1.98. The molecule has 2 atom stereocenters. The topological polar surface area (TPSA) is 38.8 Å². The minimum absolute atomic E-state index is 0.105. The molecule has 1 heterocycles. The highest BCUT2D eigenvalue weighted by Gasteiger charge is 2.43. The molecule has 0 fully saturated rings. The van der Waals surface area contributed by atoms with Crippen LogP contribution in [-0.2, 0) is 9.16 Å². The second kappa shape index (κ2) is 7.75. The van der Waals surface area contributed by atoms with Crippen molar-refractivity contribution in [2.75, 3.05) is 13.2 Å². The zero-order valence-corrected chi connectivity index (χ0v) is 17.3. The summed E-state index contributed by atoms with van der Waals surface area (Å²) < 4.78 is 12.0. The molecule has 2 rings (SSSR count). The van der Waals surface area contributed by atoms with Crippen LogP contribution in [0.4, 0.5) is 4.79 Å². The monoisotopic (exact) mass is 361 g/mol. The SMILES string of the molecule is CCOC(=O)N1CC=C[C@@H](O[Si](C)(C)C(C)(C)C)[C@H]1c1ccccc1. The van der Waals surface area contributed by atoms with Gasteiger partial charge in [0, 0.05) is 6.54 Å². The first-order valence-corrected chi connectivity index (χ1v) is 11.9. The number of nitrogens with zero attached hydrogens (tertiary/aromatic N) is 1. The van der Waals surface area contributed by atoms with Crippen molar-refractivity contribution in [3.05, 3.63) is 48.0 Å². The Labute approximate surface area is 152 Å². The summed E-state index contributed by atoms with van der Waals surface area (Å²) in [5.41, 5.74) is 1.07. The Morgan fingerprint density at radius 3 is 2.44 bits per heavy atom. The highest BCUT2D eigenvalue weighted by atomic mass is 28.4. The van der Waals surface area contributed by atoms with E-state index in [1.165, 1.54) is 0 Å². The van der Waals surface area contributed by atoms with E-state index in [1.54, 1.807) is 4.90 Å². The molecule has 0 aliphatic carbocycles. The van der Waals surface area contributed by atoms with Crippen molar-refractivity contribution >= 4 is 14.4 Å². The maximum absolute atomic E-state index is 12.5. The number of hydrogen-bond acceptors (Lipinski definition) is 3. The smallest absolute Gasteiger partial charge is 0.410 e. The van der Waals surface area contributed by atoms with Gasteiger partial charge in [-0.15, -0.1) is 0 Å². The summed E-state index contributed by atoms with van der Waals surface area (Å²) in [7, 11) is -1.98. The molecule has 138 valence electrons. The molecule has 1 aliphatic rings. The Morgan fingerprint density at radius 2 is 1.88 bits per heavy atom. The lowest BCUT2D eigenvalue weighted by Crippen LogP contribution is -2.50. The van der Waals surface area contributed by atoms with Crippen molar-refractivity contribution in [2.24, 2.45) is 0 Å². The molecule has 1 aliphatic heterocycles. The second-order valence-corrected chi connectivity index (χ2v) is 12.7. The Balaban J connectivity index is 2.38. The molecule has 25 heavy (non-hydrogen) atoms. The van der Waals surface area contributed by atoms with Gasteiger partial charge < -0.3 is 9.16 Å². The van der Waals surface area contributed by atoms with Crippen LogP contribution >= 0.6 is 0 Å². The first kappa shape index (κ1) is 19.7. The molecule has 0 bridgehead atoms. The number of hydrogen-bond donors (Lipinski definition) is 0. The summed E-state index contributed by atoms with van der Waals surface area (Å²) >= 11 is 0. The van der Waals surface area contributed by atoms with E-state index in [1.807, 2.05) is 31.2 Å². The fourth-order valence-electron chi connectivity index (χ4n) is 2.74. The van der Waals surface area contributed by atoms with Gasteiger partial charge in [-0.05, 0) is 30.6 Å². The van der Waals surface area contributed by atoms with Crippen LogP contribution in [0.25, 0.3) is 0 Å². The van der Waals surface area contributed by atoms with Crippen LogP contribution in [0.5, 0.6) is 0 Å². The van der Waals surface area contributed by atoms with E-state index in [0.717, 1.165) is 5.56 Å². The zero-order chi connectivity index (χ0) is 18.7. The fourth-order valence-corrected chi connectivity index (χ4v) is 3.98. The molecule has 0 unspecified atom stereocenters. The van der Waals surface area contributed by atoms with E-state index < -0.39 is 8.32 Å². The number of carbonyl (C=O) groups excluding carboxylic acids is 1. The molecule has 0 radical (unpaired) electrons. The van der Waals surface area contributed by atoms with Crippen molar-refractivity contribution in [3.8, 4) is 0 Å². The number of carbonyl (C=O) groups is 1. The maximum Gasteiger partial charge on any atom is 0.410 e. The second-order valence-electron chi connectivity index (χ2n) is 7.98. The van der Waals surface area contributed by atoms with Gasteiger partial charge in [0.25, 0.3) is 0 Å². The Bertz CT molecular complexity index is 607. The lowest BCUT2D eigenvalue weighted by Gasteiger charge is -2.44. The molecule has 0 spiro atoms. The highest BCUT2D eigenvalue weighted by Crippen LogP contribution is 2.41. The number of ether oxygens (including phenoxy) is 1. The van der Waals surface area contributed by atoms with E-state index in [0.29, 0.717) is 13.2 Å². The summed E-state index contributed by atoms with van der Waals surface area (Å²) in [5, 5.41) is 0.105. The lowest BCUT2D eigenvalue weighted by molar-refractivity contribution is 0.0550. The molecule has 0 saturated carbocycles. The van der Waals surface area contributed by atoms with E-state index in [4.69, 9.17) is 9.16 Å². The Morgan fingerprint density at radius 1 is 1.24 bits per heavy atom. The van der Waals surface area contributed by atoms with Gasteiger partial charge >= 0.3 is 6.09 Å². The van der Waals surface area contributed by atoms with Crippen molar-refractivity contribution in [1.82, 2.24) is 4.90 Å². The van der Waals surface area contributed by atoms with Gasteiger partial charge in [-0.25, -0.2) is 4.79 Å². The summed E-state index contributed by atoms with van der Waals surface area (Å²) in [6, 6.07) is 9.93. The Kier molecular flexibility index (Phi) is 6.11. The largest absolute Gasteiger partial charge is 0.450 e. The average Bonchev–Trinajstić information content (AvgIpc) is 2.54. The van der Waals surface area contributed by atoms with Gasteiger partial charge in [0.15, 0.2) is 8.32 Å². The predicted molar refractivity (Wildman–Crippen MR) is 104 cm³/mol. The summed E-state index contributed by atoms with van der Waals surface area (Å²) in [4.78, 5) is 14.3. The predicted octanol–water partition coefficient (Wildman–Crippen LogP) is 5.15. The highest BCUT2D eigenvalue weighted by molar-refractivity contribution is 6.74. The van der Waals surface area contributed by atoms with Gasteiger partial charge in [-0.3, -0.25) is 4.90 Å². The summed E-state index contributed by atoms with van der Waals surface area (Å²) in [5.74, 6) is 0. The molecule has 1 amide bonds. The van der Waals surface area contributed by atoms with Gasteiger partial charge in [0.2, 0.25) is 0 Å². The van der Waals surface area contributed by atoms with Gasteiger partial charge in [0.05, 0.1) is 18.8 Å². The van der Waals surface area contributed by atoms with Crippen LogP contribution in [0.1, 0.15) is 39.3 Å². The molecule has 0 saturated heterocycles. The molecular weight excluding hydrogens is 330 g/mol.